The van der Waals surface area contributed by atoms with Gasteiger partial charge >= 0.3 is 0 Å². The lowest BCUT2D eigenvalue weighted by Gasteiger charge is -2.33. The second-order valence-electron chi connectivity index (χ2n) is 13.3. The average molecular weight is 538 g/mol. The van der Waals surface area contributed by atoms with E-state index in [4.69, 9.17) is 0 Å². The van der Waals surface area contributed by atoms with Crippen LogP contribution in [0.15, 0.2) is 30.3 Å². The van der Waals surface area contributed by atoms with Crippen LogP contribution in [-0.2, 0) is 14.4 Å². The van der Waals surface area contributed by atoms with Gasteiger partial charge in [0, 0.05) is 31.9 Å². The Balaban J connectivity index is 0.000000771. The Hall–Kier alpha value is -2.92. The summed E-state index contributed by atoms with van der Waals surface area (Å²) in [5.41, 5.74) is 1.19. The summed E-state index contributed by atoms with van der Waals surface area (Å²) in [5.74, 6) is -0.0302. The molecule has 0 spiro atoms. The number of likely N-dealkylation sites (tertiary alicyclic amines) is 2. The Morgan fingerprint density at radius 3 is 2.33 bits per heavy atom. The van der Waals surface area contributed by atoms with Gasteiger partial charge in [0.1, 0.15) is 6.04 Å². The van der Waals surface area contributed by atoms with Crippen LogP contribution in [0.3, 0.4) is 0 Å². The van der Waals surface area contributed by atoms with Crippen molar-refractivity contribution >= 4 is 23.4 Å². The van der Waals surface area contributed by atoms with E-state index in [1.54, 1.807) is 19.2 Å². The topological polar surface area (TPSA) is 96.8 Å². The highest BCUT2D eigenvalue weighted by Gasteiger charge is 2.49. The van der Waals surface area contributed by atoms with Gasteiger partial charge in [-0.25, -0.2) is 0 Å². The number of hydrogen-bond donors (Lipinski definition) is 1. The number of nitrogens with zero attached hydrogens (tertiary/aromatic N) is 4. The van der Waals surface area contributed by atoms with E-state index >= 15 is 0 Å². The van der Waals surface area contributed by atoms with E-state index in [9.17, 15) is 19.6 Å². The maximum absolute atomic E-state index is 13.5. The molecule has 3 fully saturated rings. The van der Waals surface area contributed by atoms with Gasteiger partial charge in [-0.15, -0.1) is 0 Å². The van der Waals surface area contributed by atoms with Crippen molar-refractivity contribution < 1.29 is 14.4 Å². The van der Waals surface area contributed by atoms with Crippen molar-refractivity contribution in [2.75, 3.05) is 32.0 Å². The summed E-state index contributed by atoms with van der Waals surface area (Å²) in [6.45, 7) is 14.0. The fourth-order valence-electron chi connectivity index (χ4n) is 5.98. The normalized spacial score (nSPS) is 26.4. The first-order valence-electron chi connectivity index (χ1n) is 14.4. The molecule has 1 saturated carbocycles. The van der Waals surface area contributed by atoms with Crippen LogP contribution < -0.4 is 5.32 Å². The van der Waals surface area contributed by atoms with Gasteiger partial charge in [-0.2, -0.15) is 5.26 Å². The van der Waals surface area contributed by atoms with E-state index in [0.29, 0.717) is 29.4 Å². The summed E-state index contributed by atoms with van der Waals surface area (Å²) in [7, 11) is 1.68. The third-order valence-electron chi connectivity index (χ3n) is 7.77. The second-order valence-corrected chi connectivity index (χ2v) is 13.3. The van der Waals surface area contributed by atoms with E-state index in [0.717, 1.165) is 19.4 Å². The smallest absolute Gasteiger partial charge is 0.243 e. The standard InChI is InChI=1S/C26H35N5O3.C5H12/c1-17(2)30-14-18-8-7-11-22(18)24(30)26(34)29(3)16-23(32)31-15-19(12-21(31)13-27)25(33)28-20-9-5-4-6-10-20;1-5(2,3)4/h4-6,9-10,17-19,21-22,24H,7-8,11-12,14-16H2,1-3H3,(H,28,33);1-4H3. The molecule has 1 aromatic rings. The molecule has 39 heavy (non-hydrogen) atoms. The van der Waals surface area contributed by atoms with Gasteiger partial charge in [0.05, 0.1) is 24.6 Å². The van der Waals surface area contributed by atoms with E-state index < -0.39 is 12.0 Å². The molecule has 0 aromatic heterocycles. The van der Waals surface area contributed by atoms with Gasteiger partial charge in [0.2, 0.25) is 17.7 Å². The number of benzene rings is 1. The second kappa shape index (κ2) is 13.0. The van der Waals surface area contributed by atoms with Crippen LogP contribution in [0.2, 0.25) is 0 Å². The Labute approximate surface area is 234 Å². The number of anilines is 1. The van der Waals surface area contributed by atoms with Crippen molar-refractivity contribution in [3.05, 3.63) is 30.3 Å². The van der Waals surface area contributed by atoms with E-state index in [1.807, 2.05) is 18.2 Å². The number of carbonyl (C=O) groups is 3. The zero-order chi connectivity index (χ0) is 28.9. The van der Waals surface area contributed by atoms with E-state index in [2.05, 4.69) is 57.8 Å². The minimum atomic E-state index is -0.666. The Morgan fingerprint density at radius 2 is 1.74 bits per heavy atom. The van der Waals surface area contributed by atoms with Gasteiger partial charge in [0.15, 0.2) is 0 Å². The summed E-state index contributed by atoms with van der Waals surface area (Å²) in [6.07, 6.45) is 3.70. The highest BCUT2D eigenvalue weighted by molar-refractivity contribution is 5.94. The third-order valence-corrected chi connectivity index (χ3v) is 7.77. The molecule has 8 heteroatoms. The third kappa shape index (κ3) is 8.04. The number of likely N-dealkylation sites (N-methyl/N-ethyl adjacent to an activating group) is 1. The summed E-state index contributed by atoms with van der Waals surface area (Å²) in [6, 6.07) is 10.7. The summed E-state index contributed by atoms with van der Waals surface area (Å²) in [5, 5.41) is 12.5. The quantitative estimate of drug-likeness (QED) is 0.581. The van der Waals surface area contributed by atoms with Crippen LogP contribution in [0.25, 0.3) is 0 Å². The molecule has 0 bridgehead atoms. The van der Waals surface area contributed by atoms with Crippen molar-refractivity contribution in [2.24, 2.45) is 23.2 Å². The maximum Gasteiger partial charge on any atom is 0.243 e. The molecule has 3 aliphatic rings. The van der Waals surface area contributed by atoms with Crippen molar-refractivity contribution in [2.45, 2.75) is 85.4 Å². The first-order chi connectivity index (χ1) is 18.3. The lowest BCUT2D eigenvalue weighted by atomic mass is 9.93. The van der Waals surface area contributed by atoms with E-state index in [-0.39, 0.29) is 42.9 Å². The maximum atomic E-state index is 13.5. The van der Waals surface area contributed by atoms with E-state index in [1.165, 1.54) is 16.2 Å². The predicted octanol–water partition coefficient (Wildman–Crippen LogP) is 4.39. The molecule has 1 N–H and O–H groups in total. The highest BCUT2D eigenvalue weighted by Crippen LogP contribution is 2.43. The van der Waals surface area contributed by atoms with Crippen molar-refractivity contribution in [1.82, 2.24) is 14.7 Å². The Bertz CT molecular complexity index is 1040. The summed E-state index contributed by atoms with van der Waals surface area (Å²) in [4.78, 5) is 44.6. The van der Waals surface area contributed by atoms with Gasteiger partial charge in [0.25, 0.3) is 0 Å². The lowest BCUT2D eigenvalue weighted by Crippen LogP contribution is -2.51. The summed E-state index contributed by atoms with van der Waals surface area (Å²) < 4.78 is 0. The lowest BCUT2D eigenvalue weighted by molar-refractivity contribution is -0.143. The SMILES string of the molecule is CC(C)(C)C.CC(C)N1CC2CCCC2C1C(=O)N(C)CC(=O)N1CC(C(=O)Nc2ccccc2)CC1C#N. The number of para-hydroxylation sites is 1. The fraction of sp³-hybridized carbons (Fsp3) is 0.677. The fourth-order valence-corrected chi connectivity index (χ4v) is 5.98. The molecule has 0 radical (unpaired) electrons. The first kappa shape index (κ1) is 30.6. The minimum absolute atomic E-state index is 0.0116. The number of nitriles is 1. The number of nitrogens with one attached hydrogen (secondary N) is 1. The molecule has 3 amide bonds. The van der Waals surface area contributed by atoms with Crippen molar-refractivity contribution in [3.8, 4) is 6.07 Å². The highest BCUT2D eigenvalue weighted by atomic mass is 16.2. The zero-order valence-electron chi connectivity index (χ0n) is 24.8. The Morgan fingerprint density at radius 1 is 1.10 bits per heavy atom. The Kier molecular flexibility index (Phi) is 10.2. The number of rotatable bonds is 6. The monoisotopic (exact) mass is 537 g/mol. The van der Waals surface area contributed by atoms with Crippen LogP contribution in [0, 0.1) is 34.5 Å². The summed E-state index contributed by atoms with van der Waals surface area (Å²) >= 11 is 0. The minimum Gasteiger partial charge on any atom is -0.335 e. The number of amides is 3. The molecule has 2 heterocycles. The van der Waals surface area contributed by atoms with Crippen LogP contribution in [0.5, 0.6) is 0 Å². The van der Waals surface area contributed by atoms with Crippen LogP contribution in [0.1, 0.15) is 67.2 Å². The van der Waals surface area contributed by atoms with Gasteiger partial charge in [-0.1, -0.05) is 52.3 Å². The first-order valence-corrected chi connectivity index (χ1v) is 14.4. The van der Waals surface area contributed by atoms with Gasteiger partial charge < -0.3 is 15.1 Å². The molecule has 4 rings (SSSR count). The molecular weight excluding hydrogens is 490 g/mol. The van der Waals surface area contributed by atoms with Crippen molar-refractivity contribution in [1.29, 1.82) is 5.26 Å². The molecule has 5 atom stereocenters. The predicted molar refractivity (Wildman–Crippen MR) is 154 cm³/mol. The zero-order valence-corrected chi connectivity index (χ0v) is 24.8. The van der Waals surface area contributed by atoms with Gasteiger partial charge in [-0.3, -0.25) is 19.3 Å². The molecule has 2 aliphatic heterocycles. The number of hydrogen-bond acceptors (Lipinski definition) is 5. The largest absolute Gasteiger partial charge is 0.335 e. The molecule has 1 aromatic carbocycles. The number of carbonyl (C=O) groups excluding carboxylic acids is 3. The average Bonchev–Trinajstić information content (AvgIpc) is 3.57. The molecule has 2 saturated heterocycles. The molecule has 5 unspecified atom stereocenters. The molecular formula is C31H47N5O3. The number of fused-ring (bicyclic) bond motifs is 1. The van der Waals surface area contributed by atoms with Crippen LogP contribution >= 0.6 is 0 Å². The van der Waals surface area contributed by atoms with Crippen LogP contribution in [0.4, 0.5) is 5.69 Å². The van der Waals surface area contributed by atoms with Crippen LogP contribution in [-0.4, -0.2) is 77.2 Å². The van der Waals surface area contributed by atoms with Crippen molar-refractivity contribution in [3.63, 3.8) is 0 Å². The van der Waals surface area contributed by atoms with Gasteiger partial charge in [-0.05, 0) is 62.5 Å². The molecule has 8 nitrogen and oxygen atoms in total. The molecule has 214 valence electrons. The molecule has 1 aliphatic carbocycles.